The molecule has 1 aromatic carbocycles. The molecule has 2 aromatic rings. The molecule has 1 fully saturated rings. The minimum absolute atomic E-state index is 0.114. The van der Waals surface area contributed by atoms with Crippen LogP contribution in [-0.4, -0.2) is 34.1 Å². The van der Waals surface area contributed by atoms with Crippen molar-refractivity contribution in [2.45, 2.75) is 38.1 Å². The molecule has 1 spiro atoms. The van der Waals surface area contributed by atoms with E-state index in [-0.39, 0.29) is 5.91 Å². The first-order chi connectivity index (χ1) is 11.2. The summed E-state index contributed by atoms with van der Waals surface area (Å²) in [6, 6.07) is 8.01. The predicted molar refractivity (Wildman–Crippen MR) is 84.9 cm³/mol. The van der Waals surface area contributed by atoms with Crippen molar-refractivity contribution >= 4 is 11.6 Å². The van der Waals surface area contributed by atoms with Crippen molar-refractivity contribution in [2.75, 3.05) is 18.4 Å². The summed E-state index contributed by atoms with van der Waals surface area (Å²) in [5, 5.41) is 11.2. The number of likely N-dealkylation sites (tertiary alicyclic amines) is 1. The van der Waals surface area contributed by atoms with Gasteiger partial charge >= 0.3 is 0 Å². The second kappa shape index (κ2) is 5.45. The number of nitrogens with zero attached hydrogens (tertiary/aromatic N) is 3. The van der Waals surface area contributed by atoms with E-state index in [2.05, 4.69) is 26.5 Å². The van der Waals surface area contributed by atoms with Crippen molar-refractivity contribution in [1.29, 1.82) is 0 Å². The Morgan fingerprint density at radius 1 is 1.30 bits per heavy atom. The lowest BCUT2D eigenvalue weighted by Crippen LogP contribution is -2.49. The third-order valence-electron chi connectivity index (χ3n) is 4.87. The Hall–Kier alpha value is -2.21. The standard InChI is InChI=1S/C17H20N4O2/c1-2-14-19-20-15(23-14)10-21-9-5-8-17(11-21)12-6-3-4-7-13(12)18-16(17)22/h3-4,6-7H,2,5,8-11H2,1H3,(H,18,22)/t17-/m0/s1. The number of hydrogen-bond acceptors (Lipinski definition) is 5. The van der Waals surface area contributed by atoms with Crippen LogP contribution in [0.25, 0.3) is 0 Å². The summed E-state index contributed by atoms with van der Waals surface area (Å²) < 4.78 is 5.62. The van der Waals surface area contributed by atoms with Gasteiger partial charge in [0.1, 0.15) is 0 Å². The van der Waals surface area contributed by atoms with Gasteiger partial charge in [0.05, 0.1) is 12.0 Å². The average Bonchev–Trinajstić information content (AvgIpc) is 3.12. The van der Waals surface area contributed by atoms with Gasteiger partial charge in [-0.15, -0.1) is 10.2 Å². The Morgan fingerprint density at radius 2 is 2.13 bits per heavy atom. The smallest absolute Gasteiger partial charge is 0.236 e. The van der Waals surface area contributed by atoms with E-state index in [1.165, 1.54) is 0 Å². The van der Waals surface area contributed by atoms with Gasteiger partial charge < -0.3 is 9.73 Å². The Labute approximate surface area is 134 Å². The monoisotopic (exact) mass is 312 g/mol. The molecule has 0 aliphatic carbocycles. The van der Waals surface area contributed by atoms with Gasteiger partial charge in [-0.1, -0.05) is 25.1 Å². The maximum absolute atomic E-state index is 12.7. The number of carbonyl (C=O) groups excluding carboxylic acids is 1. The normalized spacial score (nSPS) is 24.0. The molecule has 23 heavy (non-hydrogen) atoms. The maximum atomic E-state index is 12.7. The number of nitrogens with one attached hydrogen (secondary N) is 1. The average molecular weight is 312 g/mol. The SMILES string of the molecule is CCc1nnc(CN2CCC[C@@]3(C2)C(=O)Nc2ccccc23)o1. The van der Waals surface area contributed by atoms with E-state index in [0.717, 1.165) is 37.1 Å². The molecule has 0 radical (unpaired) electrons. The number of piperidine rings is 1. The fraction of sp³-hybridized carbons (Fsp3) is 0.471. The van der Waals surface area contributed by atoms with Gasteiger partial charge in [0.2, 0.25) is 17.7 Å². The van der Waals surface area contributed by atoms with Crippen molar-refractivity contribution in [3.8, 4) is 0 Å². The van der Waals surface area contributed by atoms with Crippen LogP contribution in [0.5, 0.6) is 0 Å². The summed E-state index contributed by atoms with van der Waals surface area (Å²) in [5.74, 6) is 1.41. The molecular weight excluding hydrogens is 292 g/mol. The van der Waals surface area contributed by atoms with Crippen LogP contribution in [0.1, 0.15) is 37.1 Å². The molecular formula is C17H20N4O2. The second-order valence-corrected chi connectivity index (χ2v) is 6.34. The largest absolute Gasteiger partial charge is 0.424 e. The summed E-state index contributed by atoms with van der Waals surface area (Å²) in [6.45, 7) is 4.23. The number of carbonyl (C=O) groups is 1. The van der Waals surface area contributed by atoms with E-state index in [1.807, 2.05) is 25.1 Å². The van der Waals surface area contributed by atoms with Gasteiger partial charge in [0.25, 0.3) is 0 Å². The van der Waals surface area contributed by atoms with Crippen LogP contribution < -0.4 is 5.32 Å². The Kier molecular flexibility index (Phi) is 3.41. The Bertz CT molecular complexity index is 742. The molecule has 2 aliphatic heterocycles. The number of aromatic nitrogens is 2. The van der Waals surface area contributed by atoms with Gasteiger partial charge in [-0.25, -0.2) is 0 Å². The minimum Gasteiger partial charge on any atom is -0.424 e. The number of hydrogen-bond donors (Lipinski definition) is 1. The highest BCUT2D eigenvalue weighted by atomic mass is 16.4. The molecule has 1 amide bonds. The number of amides is 1. The van der Waals surface area contributed by atoms with Gasteiger partial charge in [-0.2, -0.15) is 0 Å². The van der Waals surface area contributed by atoms with Gasteiger partial charge in [-0.3, -0.25) is 9.69 Å². The second-order valence-electron chi connectivity index (χ2n) is 6.34. The molecule has 1 aromatic heterocycles. The fourth-order valence-corrected chi connectivity index (χ4v) is 3.74. The topological polar surface area (TPSA) is 71.3 Å². The third-order valence-corrected chi connectivity index (χ3v) is 4.87. The lowest BCUT2D eigenvalue weighted by Gasteiger charge is -2.38. The van der Waals surface area contributed by atoms with Crippen molar-refractivity contribution in [2.24, 2.45) is 0 Å². The molecule has 1 saturated heterocycles. The maximum Gasteiger partial charge on any atom is 0.236 e. The molecule has 3 heterocycles. The van der Waals surface area contributed by atoms with Crippen molar-refractivity contribution in [3.05, 3.63) is 41.6 Å². The van der Waals surface area contributed by atoms with Crippen LogP contribution in [0.3, 0.4) is 0 Å². The van der Waals surface area contributed by atoms with Crippen LogP contribution >= 0.6 is 0 Å². The Morgan fingerprint density at radius 3 is 2.96 bits per heavy atom. The van der Waals surface area contributed by atoms with E-state index >= 15 is 0 Å². The number of fused-ring (bicyclic) bond motifs is 2. The van der Waals surface area contributed by atoms with Gasteiger partial charge in [-0.05, 0) is 31.0 Å². The summed E-state index contributed by atoms with van der Waals surface area (Å²) in [4.78, 5) is 14.9. The van der Waals surface area contributed by atoms with Gasteiger partial charge in [0.15, 0.2) is 0 Å². The summed E-state index contributed by atoms with van der Waals surface area (Å²) in [5.41, 5.74) is 1.63. The first-order valence-electron chi connectivity index (χ1n) is 8.16. The highest BCUT2D eigenvalue weighted by Gasteiger charge is 2.49. The number of anilines is 1. The lowest BCUT2D eigenvalue weighted by atomic mass is 9.75. The van der Waals surface area contributed by atoms with Crippen LogP contribution in [-0.2, 0) is 23.2 Å². The van der Waals surface area contributed by atoms with Gasteiger partial charge in [0, 0.05) is 18.7 Å². The quantitative estimate of drug-likeness (QED) is 0.940. The first-order valence-corrected chi connectivity index (χ1v) is 8.16. The van der Waals surface area contributed by atoms with E-state index in [4.69, 9.17) is 4.42 Å². The number of rotatable bonds is 3. The number of aryl methyl sites for hydroxylation is 1. The third kappa shape index (κ3) is 2.34. The molecule has 6 nitrogen and oxygen atoms in total. The molecule has 0 bridgehead atoms. The predicted octanol–water partition coefficient (Wildman–Crippen LogP) is 2.12. The zero-order chi connectivity index (χ0) is 15.9. The van der Waals surface area contributed by atoms with Crippen LogP contribution in [0.15, 0.2) is 28.7 Å². The van der Waals surface area contributed by atoms with Crippen molar-refractivity contribution in [1.82, 2.24) is 15.1 Å². The van der Waals surface area contributed by atoms with Crippen LogP contribution in [0.2, 0.25) is 0 Å². The van der Waals surface area contributed by atoms with E-state index < -0.39 is 5.41 Å². The zero-order valence-electron chi connectivity index (χ0n) is 13.2. The van der Waals surface area contributed by atoms with E-state index in [9.17, 15) is 4.79 Å². The Balaban J connectivity index is 1.58. The van der Waals surface area contributed by atoms with Crippen LogP contribution in [0, 0.1) is 0 Å². The minimum atomic E-state index is -0.442. The molecule has 0 unspecified atom stereocenters. The molecule has 6 heteroatoms. The van der Waals surface area contributed by atoms with Crippen LogP contribution in [0.4, 0.5) is 5.69 Å². The lowest BCUT2D eigenvalue weighted by molar-refractivity contribution is -0.123. The molecule has 1 N–H and O–H groups in total. The molecule has 2 aliphatic rings. The highest BCUT2D eigenvalue weighted by Crippen LogP contribution is 2.43. The number of benzene rings is 1. The molecule has 4 rings (SSSR count). The molecule has 120 valence electrons. The van der Waals surface area contributed by atoms with Crippen molar-refractivity contribution < 1.29 is 9.21 Å². The molecule has 1 atom stereocenters. The van der Waals surface area contributed by atoms with E-state index in [1.54, 1.807) is 0 Å². The summed E-state index contributed by atoms with van der Waals surface area (Å²) in [7, 11) is 0. The highest BCUT2D eigenvalue weighted by molar-refractivity contribution is 6.06. The van der Waals surface area contributed by atoms with Crippen molar-refractivity contribution in [3.63, 3.8) is 0 Å². The molecule has 0 saturated carbocycles. The summed E-state index contributed by atoms with van der Waals surface area (Å²) >= 11 is 0. The zero-order valence-corrected chi connectivity index (χ0v) is 13.2. The van der Waals surface area contributed by atoms with E-state index in [0.29, 0.717) is 24.9 Å². The summed E-state index contributed by atoms with van der Waals surface area (Å²) in [6.07, 6.45) is 2.61. The fourth-order valence-electron chi connectivity index (χ4n) is 3.74. The first kappa shape index (κ1) is 14.4. The number of para-hydroxylation sites is 1.